The predicted octanol–water partition coefficient (Wildman–Crippen LogP) is 2.83. The van der Waals surface area contributed by atoms with Gasteiger partial charge in [0.2, 0.25) is 5.89 Å². The van der Waals surface area contributed by atoms with E-state index in [1.165, 1.54) is 24.0 Å². The van der Waals surface area contributed by atoms with Crippen LogP contribution in [0.25, 0.3) is 0 Å². The third-order valence-electron chi connectivity index (χ3n) is 5.32. The molecule has 2 amide bonds. The summed E-state index contributed by atoms with van der Waals surface area (Å²) in [6, 6.07) is 6.25. The predicted molar refractivity (Wildman–Crippen MR) is 99.9 cm³/mol. The lowest BCUT2D eigenvalue weighted by atomic mass is 9.98. The molecule has 1 aliphatic heterocycles. The molecule has 0 saturated carbocycles. The third kappa shape index (κ3) is 4.23. The van der Waals surface area contributed by atoms with Gasteiger partial charge in [0.05, 0.1) is 12.5 Å². The van der Waals surface area contributed by atoms with Crippen LogP contribution < -0.4 is 10.1 Å². The zero-order valence-electron chi connectivity index (χ0n) is 15.7. The third-order valence-corrected chi connectivity index (χ3v) is 5.32. The fourth-order valence-electron chi connectivity index (χ4n) is 3.92. The van der Waals surface area contributed by atoms with Gasteiger partial charge in [-0.3, -0.25) is 0 Å². The summed E-state index contributed by atoms with van der Waals surface area (Å²) in [5.74, 6) is 2.27. The van der Waals surface area contributed by atoms with Gasteiger partial charge >= 0.3 is 6.03 Å². The van der Waals surface area contributed by atoms with Crippen molar-refractivity contribution in [1.29, 1.82) is 0 Å². The number of piperidine rings is 1. The van der Waals surface area contributed by atoms with Crippen molar-refractivity contribution in [2.75, 3.05) is 26.2 Å². The largest absolute Gasteiger partial charge is 0.492 e. The first-order valence-electron chi connectivity index (χ1n) is 9.76. The maximum Gasteiger partial charge on any atom is 0.317 e. The topological polar surface area (TPSA) is 80.5 Å². The van der Waals surface area contributed by atoms with Crippen LogP contribution >= 0.6 is 0 Å². The van der Waals surface area contributed by atoms with E-state index in [1.807, 2.05) is 11.0 Å². The van der Waals surface area contributed by atoms with Crippen LogP contribution in [-0.4, -0.2) is 47.3 Å². The van der Waals surface area contributed by atoms with Gasteiger partial charge in [-0.25, -0.2) is 4.79 Å². The number of aryl methyl sites for hydroxylation is 3. The maximum atomic E-state index is 12.4. The van der Waals surface area contributed by atoms with Crippen LogP contribution in [0.15, 0.2) is 22.7 Å². The number of nitrogens with one attached hydrogen (secondary N) is 1. The summed E-state index contributed by atoms with van der Waals surface area (Å²) in [4.78, 5) is 18.6. The monoisotopic (exact) mass is 370 g/mol. The van der Waals surface area contributed by atoms with E-state index in [0.717, 1.165) is 31.6 Å². The number of hydrogen-bond acceptors (Lipinski definition) is 5. The Morgan fingerprint density at radius 3 is 3.07 bits per heavy atom. The van der Waals surface area contributed by atoms with Crippen molar-refractivity contribution < 1.29 is 14.1 Å². The number of carbonyl (C=O) groups excluding carboxylic acids is 1. The maximum absolute atomic E-state index is 12.4. The number of nitrogens with zero attached hydrogens (tertiary/aromatic N) is 3. The number of amides is 2. The quantitative estimate of drug-likeness (QED) is 0.819. The molecule has 144 valence electrons. The molecule has 1 aromatic carbocycles. The van der Waals surface area contributed by atoms with Crippen LogP contribution in [0.1, 0.15) is 48.0 Å². The molecular weight excluding hydrogens is 344 g/mol. The first-order chi connectivity index (χ1) is 13.2. The molecule has 27 heavy (non-hydrogen) atoms. The van der Waals surface area contributed by atoms with Gasteiger partial charge in [0, 0.05) is 13.1 Å². The summed E-state index contributed by atoms with van der Waals surface area (Å²) >= 11 is 0. The molecule has 7 nitrogen and oxygen atoms in total. The number of urea groups is 1. The number of likely N-dealkylation sites (tertiary alicyclic amines) is 1. The van der Waals surface area contributed by atoms with Gasteiger partial charge in [0.15, 0.2) is 5.82 Å². The summed E-state index contributed by atoms with van der Waals surface area (Å²) in [7, 11) is 0. The molecule has 1 atom stereocenters. The molecule has 4 rings (SSSR count). The van der Waals surface area contributed by atoms with Crippen LogP contribution in [-0.2, 0) is 12.8 Å². The number of fused-ring (bicyclic) bond motifs is 1. The second-order valence-electron chi connectivity index (χ2n) is 7.33. The zero-order chi connectivity index (χ0) is 18.6. The van der Waals surface area contributed by atoms with E-state index in [4.69, 9.17) is 9.26 Å². The number of hydrogen-bond donors (Lipinski definition) is 1. The minimum atomic E-state index is -0.0616. The Balaban J connectivity index is 1.22. The van der Waals surface area contributed by atoms with Gasteiger partial charge < -0.3 is 19.5 Å². The molecular formula is C20H26N4O3. The van der Waals surface area contributed by atoms with Crippen LogP contribution in [0.2, 0.25) is 0 Å². The Kier molecular flexibility index (Phi) is 5.27. The molecule has 1 saturated heterocycles. The van der Waals surface area contributed by atoms with Crippen molar-refractivity contribution >= 4 is 6.03 Å². The van der Waals surface area contributed by atoms with E-state index in [-0.39, 0.29) is 11.9 Å². The minimum Gasteiger partial charge on any atom is -0.492 e. The molecule has 1 N–H and O–H groups in total. The SMILES string of the molecule is Cc1noc(C2CCCN(C(=O)NCCOc3ccc4c(c3)CCC4)C2)n1. The zero-order valence-corrected chi connectivity index (χ0v) is 15.7. The highest BCUT2D eigenvalue weighted by atomic mass is 16.5. The highest BCUT2D eigenvalue weighted by Gasteiger charge is 2.28. The van der Waals surface area contributed by atoms with Gasteiger partial charge in [-0.1, -0.05) is 11.2 Å². The number of aromatic nitrogens is 2. The smallest absolute Gasteiger partial charge is 0.317 e. The molecule has 1 aromatic heterocycles. The van der Waals surface area contributed by atoms with Crippen molar-refractivity contribution in [3.63, 3.8) is 0 Å². The molecule has 1 fully saturated rings. The lowest BCUT2D eigenvalue weighted by molar-refractivity contribution is 0.170. The summed E-state index contributed by atoms with van der Waals surface area (Å²) in [6.07, 6.45) is 5.44. The van der Waals surface area contributed by atoms with E-state index in [1.54, 1.807) is 6.92 Å². The van der Waals surface area contributed by atoms with Crippen molar-refractivity contribution in [3.8, 4) is 5.75 Å². The number of rotatable bonds is 5. The Morgan fingerprint density at radius 2 is 2.22 bits per heavy atom. The summed E-state index contributed by atoms with van der Waals surface area (Å²) in [6.45, 7) is 4.11. The first kappa shape index (κ1) is 17.8. The normalized spacial score (nSPS) is 19.0. The summed E-state index contributed by atoms with van der Waals surface area (Å²) < 4.78 is 11.1. The van der Waals surface area contributed by atoms with E-state index in [0.29, 0.717) is 31.4 Å². The Bertz CT molecular complexity index is 804. The van der Waals surface area contributed by atoms with Crippen LogP contribution in [0.5, 0.6) is 5.75 Å². The Morgan fingerprint density at radius 1 is 1.33 bits per heavy atom. The van der Waals surface area contributed by atoms with Crippen molar-refractivity contribution in [2.45, 2.75) is 44.9 Å². The van der Waals surface area contributed by atoms with Crippen molar-refractivity contribution in [1.82, 2.24) is 20.4 Å². The molecule has 1 aliphatic carbocycles. The Labute approximate surface area is 159 Å². The van der Waals surface area contributed by atoms with E-state index in [9.17, 15) is 4.79 Å². The molecule has 2 aromatic rings. The second kappa shape index (κ2) is 7.98. The fourth-order valence-corrected chi connectivity index (χ4v) is 3.92. The van der Waals surface area contributed by atoms with Gasteiger partial charge in [0.1, 0.15) is 12.4 Å². The molecule has 2 heterocycles. The van der Waals surface area contributed by atoms with E-state index >= 15 is 0 Å². The lowest BCUT2D eigenvalue weighted by Crippen LogP contribution is -2.46. The molecule has 0 spiro atoms. The number of benzene rings is 1. The van der Waals surface area contributed by atoms with Crippen LogP contribution in [0, 0.1) is 6.92 Å². The fraction of sp³-hybridized carbons (Fsp3) is 0.550. The number of ether oxygens (including phenoxy) is 1. The van der Waals surface area contributed by atoms with Gasteiger partial charge in [-0.05, 0) is 62.3 Å². The highest BCUT2D eigenvalue weighted by molar-refractivity contribution is 5.74. The number of carbonyl (C=O) groups is 1. The van der Waals surface area contributed by atoms with Crippen LogP contribution in [0.4, 0.5) is 4.79 Å². The molecule has 7 heteroatoms. The van der Waals surface area contributed by atoms with E-state index < -0.39 is 0 Å². The van der Waals surface area contributed by atoms with Gasteiger partial charge in [0.25, 0.3) is 0 Å². The molecule has 2 aliphatic rings. The van der Waals surface area contributed by atoms with E-state index in [2.05, 4.69) is 27.6 Å². The Hall–Kier alpha value is -2.57. The van der Waals surface area contributed by atoms with Gasteiger partial charge in [-0.15, -0.1) is 0 Å². The summed E-state index contributed by atoms with van der Waals surface area (Å²) in [5.41, 5.74) is 2.83. The standard InChI is InChI=1S/C20H26N4O3/c1-14-22-19(27-23-14)17-6-3-10-24(13-17)20(25)21-9-11-26-18-8-7-15-4-2-5-16(15)12-18/h7-8,12,17H,2-6,9-11,13H2,1H3,(H,21,25). The molecule has 0 radical (unpaired) electrons. The molecule has 0 bridgehead atoms. The average Bonchev–Trinajstić information content (AvgIpc) is 3.33. The lowest BCUT2D eigenvalue weighted by Gasteiger charge is -2.31. The summed E-state index contributed by atoms with van der Waals surface area (Å²) in [5, 5.41) is 6.80. The van der Waals surface area contributed by atoms with Gasteiger partial charge in [-0.2, -0.15) is 4.98 Å². The van der Waals surface area contributed by atoms with Crippen molar-refractivity contribution in [3.05, 3.63) is 41.0 Å². The first-order valence-corrected chi connectivity index (χ1v) is 9.76. The minimum absolute atomic E-state index is 0.0616. The average molecular weight is 370 g/mol. The molecule has 1 unspecified atom stereocenters. The highest BCUT2D eigenvalue weighted by Crippen LogP contribution is 2.26. The van der Waals surface area contributed by atoms with Crippen molar-refractivity contribution in [2.24, 2.45) is 0 Å². The van der Waals surface area contributed by atoms with Crippen LogP contribution in [0.3, 0.4) is 0 Å². The second-order valence-corrected chi connectivity index (χ2v) is 7.33.